The fourth-order valence-corrected chi connectivity index (χ4v) is 5.23. The molecule has 3 aliphatic heterocycles. The molecule has 1 aromatic heterocycles. The molecule has 0 bridgehead atoms. The predicted octanol–water partition coefficient (Wildman–Crippen LogP) is 2.50. The van der Waals surface area contributed by atoms with Gasteiger partial charge in [0.1, 0.15) is 0 Å². The third-order valence-electron chi connectivity index (χ3n) is 6.78. The molecule has 1 unspecified atom stereocenters. The van der Waals surface area contributed by atoms with Gasteiger partial charge in [0.2, 0.25) is 0 Å². The number of nitrogens with zero attached hydrogens (tertiary/aromatic N) is 6. The van der Waals surface area contributed by atoms with Crippen LogP contribution in [0.2, 0.25) is 0 Å². The minimum absolute atomic E-state index is 0.0796. The normalized spacial score (nSPS) is 22.1. The van der Waals surface area contributed by atoms with E-state index in [4.69, 9.17) is 4.74 Å². The molecule has 3 saturated heterocycles. The van der Waals surface area contributed by atoms with E-state index >= 15 is 0 Å². The van der Waals surface area contributed by atoms with Crippen LogP contribution >= 0.6 is 15.9 Å². The number of carbonyl (C=O) groups is 1. The van der Waals surface area contributed by atoms with Gasteiger partial charge in [0.25, 0.3) is 5.91 Å². The molecule has 9 heteroatoms. The fraction of sp³-hybridized carbons (Fsp3) is 0.542. The number of rotatable bonds is 5. The number of ether oxygens (including phenoxy) is 1. The van der Waals surface area contributed by atoms with E-state index < -0.39 is 0 Å². The molecular weight excluding hydrogens is 484 g/mol. The molecule has 1 amide bonds. The van der Waals surface area contributed by atoms with Crippen LogP contribution in [0.4, 0.5) is 11.6 Å². The molecule has 0 saturated carbocycles. The van der Waals surface area contributed by atoms with Crippen LogP contribution in [0, 0.1) is 0 Å². The molecule has 176 valence electrons. The maximum Gasteiger partial charge on any atom is 0.254 e. The van der Waals surface area contributed by atoms with Gasteiger partial charge in [0.15, 0.2) is 11.6 Å². The summed E-state index contributed by atoms with van der Waals surface area (Å²) in [6.45, 7) is 8.87. The molecule has 0 radical (unpaired) electrons. The van der Waals surface area contributed by atoms with E-state index in [1.807, 2.05) is 29.2 Å². The number of amides is 1. The van der Waals surface area contributed by atoms with Gasteiger partial charge in [-0.15, -0.1) is 10.2 Å². The van der Waals surface area contributed by atoms with Gasteiger partial charge in [-0.1, -0.05) is 22.0 Å². The molecule has 0 aliphatic carbocycles. The second kappa shape index (κ2) is 10.4. The molecule has 33 heavy (non-hydrogen) atoms. The minimum atomic E-state index is 0.0796. The van der Waals surface area contributed by atoms with E-state index in [1.54, 1.807) is 0 Å². The van der Waals surface area contributed by atoms with E-state index in [2.05, 4.69) is 53.0 Å². The van der Waals surface area contributed by atoms with Crippen molar-refractivity contribution in [1.29, 1.82) is 0 Å². The molecule has 1 atom stereocenters. The van der Waals surface area contributed by atoms with Crippen LogP contribution in [0.3, 0.4) is 0 Å². The number of anilines is 2. The number of hydrogen-bond acceptors (Lipinski definition) is 7. The van der Waals surface area contributed by atoms with Crippen molar-refractivity contribution >= 4 is 33.5 Å². The van der Waals surface area contributed by atoms with Crippen molar-refractivity contribution in [1.82, 2.24) is 20.0 Å². The number of piperazine rings is 2. The van der Waals surface area contributed by atoms with Crippen LogP contribution in [0.15, 0.2) is 40.9 Å². The van der Waals surface area contributed by atoms with Crippen LogP contribution < -0.4 is 9.80 Å². The van der Waals surface area contributed by atoms with Gasteiger partial charge < -0.3 is 19.4 Å². The van der Waals surface area contributed by atoms with Crippen molar-refractivity contribution in [3.8, 4) is 0 Å². The average Bonchev–Trinajstić information content (AvgIpc) is 3.37. The highest BCUT2D eigenvalue weighted by molar-refractivity contribution is 9.10. The number of halogens is 1. The van der Waals surface area contributed by atoms with E-state index in [9.17, 15) is 4.79 Å². The SMILES string of the molecule is O=C(c1cccc(Br)c1)N1CCN(c2ccc(N3CCN(CC4CCCO4)CC3)nn2)CC1. The van der Waals surface area contributed by atoms with Gasteiger partial charge in [-0.3, -0.25) is 9.69 Å². The van der Waals surface area contributed by atoms with Crippen molar-refractivity contribution in [3.05, 3.63) is 46.4 Å². The Morgan fingerprint density at radius 1 is 0.939 bits per heavy atom. The van der Waals surface area contributed by atoms with E-state index in [0.717, 1.165) is 74.1 Å². The zero-order chi connectivity index (χ0) is 22.6. The summed E-state index contributed by atoms with van der Waals surface area (Å²) in [7, 11) is 0. The second-order valence-corrected chi connectivity index (χ2v) is 9.88. The van der Waals surface area contributed by atoms with Crippen LogP contribution in [0.5, 0.6) is 0 Å². The van der Waals surface area contributed by atoms with E-state index in [0.29, 0.717) is 19.2 Å². The monoisotopic (exact) mass is 514 g/mol. The Morgan fingerprint density at radius 2 is 1.61 bits per heavy atom. The predicted molar refractivity (Wildman–Crippen MR) is 132 cm³/mol. The average molecular weight is 515 g/mol. The fourth-order valence-electron chi connectivity index (χ4n) is 4.83. The first-order chi connectivity index (χ1) is 16.2. The first-order valence-corrected chi connectivity index (χ1v) is 12.7. The van der Waals surface area contributed by atoms with Gasteiger partial charge >= 0.3 is 0 Å². The molecular formula is C24H31BrN6O2. The lowest BCUT2D eigenvalue weighted by molar-refractivity contribution is 0.0712. The van der Waals surface area contributed by atoms with Crippen molar-refractivity contribution < 1.29 is 9.53 Å². The van der Waals surface area contributed by atoms with E-state index in [1.165, 1.54) is 12.8 Å². The van der Waals surface area contributed by atoms with Crippen molar-refractivity contribution in [3.63, 3.8) is 0 Å². The first-order valence-electron chi connectivity index (χ1n) is 11.9. The van der Waals surface area contributed by atoms with Crippen LogP contribution in [-0.4, -0.2) is 97.5 Å². The molecule has 1 aromatic carbocycles. The molecule has 3 fully saturated rings. The summed E-state index contributed by atoms with van der Waals surface area (Å²) >= 11 is 3.44. The molecule has 2 aromatic rings. The molecule has 4 heterocycles. The highest BCUT2D eigenvalue weighted by atomic mass is 79.9. The summed E-state index contributed by atoms with van der Waals surface area (Å²) in [5.74, 6) is 1.90. The Hall–Kier alpha value is -2.23. The minimum Gasteiger partial charge on any atom is -0.377 e. The number of aromatic nitrogens is 2. The Labute approximate surface area is 203 Å². The summed E-state index contributed by atoms with van der Waals surface area (Å²) in [6.07, 6.45) is 2.81. The maximum atomic E-state index is 12.8. The summed E-state index contributed by atoms with van der Waals surface area (Å²) in [5, 5.41) is 9.03. The summed E-state index contributed by atoms with van der Waals surface area (Å²) in [4.78, 5) is 21.7. The third kappa shape index (κ3) is 5.47. The van der Waals surface area contributed by atoms with E-state index in [-0.39, 0.29) is 5.91 Å². The molecule has 5 rings (SSSR count). The number of carbonyl (C=O) groups excluding carboxylic acids is 1. The van der Waals surface area contributed by atoms with Gasteiger partial charge in [-0.05, 0) is 43.2 Å². The Morgan fingerprint density at radius 3 is 2.18 bits per heavy atom. The standard InChI is InChI=1S/C24H31BrN6O2/c25-20-4-1-3-19(17-20)24(32)31-14-12-30(13-15-31)23-7-6-22(26-27-23)29-10-8-28(9-11-29)18-21-5-2-16-33-21/h1,3-4,6-7,17,21H,2,5,8-16,18H2. The quantitative estimate of drug-likeness (QED) is 0.607. The Balaban J connectivity index is 1.11. The van der Waals surface area contributed by atoms with Gasteiger partial charge in [0, 0.05) is 75.5 Å². The zero-order valence-electron chi connectivity index (χ0n) is 18.9. The Bertz CT molecular complexity index is 936. The summed E-state index contributed by atoms with van der Waals surface area (Å²) in [6, 6.07) is 11.7. The lowest BCUT2D eigenvalue weighted by Gasteiger charge is -2.37. The molecule has 8 nitrogen and oxygen atoms in total. The lowest BCUT2D eigenvalue weighted by atomic mass is 10.2. The largest absolute Gasteiger partial charge is 0.377 e. The van der Waals surface area contributed by atoms with Crippen molar-refractivity contribution in [2.24, 2.45) is 0 Å². The highest BCUT2D eigenvalue weighted by Gasteiger charge is 2.25. The highest BCUT2D eigenvalue weighted by Crippen LogP contribution is 2.20. The summed E-state index contributed by atoms with van der Waals surface area (Å²) < 4.78 is 6.70. The molecule has 0 spiro atoms. The Kier molecular flexibility index (Phi) is 7.08. The van der Waals surface area contributed by atoms with Gasteiger partial charge in [0.05, 0.1) is 6.10 Å². The lowest BCUT2D eigenvalue weighted by Crippen LogP contribution is -2.49. The van der Waals surface area contributed by atoms with Crippen molar-refractivity contribution in [2.75, 3.05) is 75.3 Å². The van der Waals surface area contributed by atoms with Gasteiger partial charge in [-0.25, -0.2) is 0 Å². The zero-order valence-corrected chi connectivity index (χ0v) is 20.5. The van der Waals surface area contributed by atoms with Crippen LogP contribution in [0.1, 0.15) is 23.2 Å². The molecule has 3 aliphatic rings. The van der Waals surface area contributed by atoms with Gasteiger partial charge in [-0.2, -0.15) is 0 Å². The topological polar surface area (TPSA) is 65.0 Å². The van der Waals surface area contributed by atoms with Crippen LogP contribution in [-0.2, 0) is 4.74 Å². The summed E-state index contributed by atoms with van der Waals surface area (Å²) in [5.41, 5.74) is 0.720. The molecule has 0 N–H and O–H groups in total. The van der Waals surface area contributed by atoms with Crippen LogP contribution in [0.25, 0.3) is 0 Å². The second-order valence-electron chi connectivity index (χ2n) is 8.96. The smallest absolute Gasteiger partial charge is 0.254 e. The number of benzene rings is 1. The third-order valence-corrected chi connectivity index (χ3v) is 7.27. The maximum absolute atomic E-state index is 12.8. The van der Waals surface area contributed by atoms with Crippen molar-refractivity contribution in [2.45, 2.75) is 18.9 Å². The number of hydrogen-bond donors (Lipinski definition) is 0. The first kappa shape index (κ1) is 22.6.